The van der Waals surface area contributed by atoms with Gasteiger partial charge in [-0.05, 0) is 38.0 Å². The van der Waals surface area contributed by atoms with Gasteiger partial charge in [-0.1, -0.05) is 0 Å². The highest BCUT2D eigenvalue weighted by Gasteiger charge is 2.32. The molecule has 0 aromatic heterocycles. The molecule has 124 valence electrons. The molecule has 1 aromatic carbocycles. The fourth-order valence-corrected chi connectivity index (χ4v) is 3.08. The highest BCUT2D eigenvalue weighted by atomic mass is 16.5. The summed E-state index contributed by atoms with van der Waals surface area (Å²) in [6.07, 6.45) is 2.34. The van der Waals surface area contributed by atoms with E-state index in [1.165, 1.54) is 0 Å². The molecule has 0 spiro atoms. The molecule has 2 aliphatic rings. The third kappa shape index (κ3) is 3.25. The molecule has 23 heavy (non-hydrogen) atoms. The average molecular weight is 318 g/mol. The van der Waals surface area contributed by atoms with Crippen molar-refractivity contribution < 1.29 is 19.1 Å². The summed E-state index contributed by atoms with van der Waals surface area (Å²) in [5.74, 6) is 0.563. The van der Waals surface area contributed by atoms with Crippen molar-refractivity contribution in [2.75, 3.05) is 19.8 Å². The van der Waals surface area contributed by atoms with Crippen molar-refractivity contribution in [3.05, 3.63) is 23.8 Å². The maximum absolute atomic E-state index is 12.8. The second-order valence-electron chi connectivity index (χ2n) is 6.20. The van der Waals surface area contributed by atoms with Gasteiger partial charge in [0.25, 0.3) is 5.91 Å². The highest BCUT2D eigenvalue weighted by molar-refractivity contribution is 5.95. The molecule has 2 atom stereocenters. The van der Waals surface area contributed by atoms with Crippen molar-refractivity contribution in [2.24, 2.45) is 11.7 Å². The van der Waals surface area contributed by atoms with Crippen LogP contribution in [0.25, 0.3) is 0 Å². The second-order valence-corrected chi connectivity index (χ2v) is 6.20. The van der Waals surface area contributed by atoms with Gasteiger partial charge in [0.05, 0.1) is 19.1 Å². The maximum atomic E-state index is 12.8. The van der Waals surface area contributed by atoms with Gasteiger partial charge in [0.15, 0.2) is 11.5 Å². The van der Waals surface area contributed by atoms with E-state index < -0.39 is 0 Å². The van der Waals surface area contributed by atoms with E-state index in [0.717, 1.165) is 19.3 Å². The number of likely N-dealkylation sites (tertiary alicyclic amines) is 1. The summed E-state index contributed by atoms with van der Waals surface area (Å²) >= 11 is 0. The minimum absolute atomic E-state index is 0.0917. The van der Waals surface area contributed by atoms with E-state index in [0.29, 0.717) is 36.8 Å². The molecule has 6 heteroatoms. The quantitative estimate of drug-likeness (QED) is 0.897. The zero-order valence-electron chi connectivity index (χ0n) is 13.3. The van der Waals surface area contributed by atoms with Gasteiger partial charge in [-0.2, -0.15) is 0 Å². The van der Waals surface area contributed by atoms with Crippen LogP contribution in [0.2, 0.25) is 0 Å². The summed E-state index contributed by atoms with van der Waals surface area (Å²) < 4.78 is 11.2. The van der Waals surface area contributed by atoms with E-state index >= 15 is 0 Å². The first-order valence-corrected chi connectivity index (χ1v) is 8.06. The van der Waals surface area contributed by atoms with Gasteiger partial charge in [-0.25, -0.2) is 0 Å². The molecule has 0 unspecified atom stereocenters. The number of carbonyl (C=O) groups is 2. The molecule has 2 amide bonds. The predicted molar refractivity (Wildman–Crippen MR) is 84.5 cm³/mol. The number of nitrogens with zero attached hydrogens (tertiary/aromatic N) is 1. The van der Waals surface area contributed by atoms with Crippen LogP contribution in [0.1, 0.15) is 36.5 Å². The zero-order valence-corrected chi connectivity index (χ0v) is 13.3. The fourth-order valence-electron chi connectivity index (χ4n) is 3.08. The fraction of sp³-hybridized carbons (Fsp3) is 0.529. The van der Waals surface area contributed by atoms with Gasteiger partial charge in [0.1, 0.15) is 0 Å². The Labute approximate surface area is 135 Å². The van der Waals surface area contributed by atoms with Gasteiger partial charge >= 0.3 is 0 Å². The number of amides is 2. The van der Waals surface area contributed by atoms with Crippen LogP contribution < -0.4 is 15.2 Å². The number of benzene rings is 1. The Morgan fingerprint density at radius 2 is 1.91 bits per heavy atom. The van der Waals surface area contributed by atoms with Crippen molar-refractivity contribution >= 4 is 11.8 Å². The standard InChI is InChI=1S/C17H22N2O4/c1-11-3-4-13(16(18)20)10-19(11)17(21)12-5-6-14-15(9-12)23-8-2-7-22-14/h5-6,9,11,13H,2-4,7-8,10H2,1H3,(H2,18,20)/t11-,13+/m1/s1. The van der Waals surface area contributed by atoms with Crippen LogP contribution in [-0.4, -0.2) is 42.5 Å². The van der Waals surface area contributed by atoms with Gasteiger partial charge in [-0.15, -0.1) is 0 Å². The topological polar surface area (TPSA) is 81.9 Å². The van der Waals surface area contributed by atoms with E-state index in [1.807, 2.05) is 6.92 Å². The van der Waals surface area contributed by atoms with Gasteiger partial charge in [0, 0.05) is 24.6 Å². The predicted octanol–water partition coefficient (Wildman–Crippen LogP) is 1.57. The lowest BCUT2D eigenvalue weighted by Crippen LogP contribution is -2.48. The lowest BCUT2D eigenvalue weighted by molar-refractivity contribution is -0.123. The summed E-state index contributed by atoms with van der Waals surface area (Å²) in [5, 5.41) is 0. The van der Waals surface area contributed by atoms with Crippen LogP contribution in [0.4, 0.5) is 0 Å². The van der Waals surface area contributed by atoms with Crippen LogP contribution in [0, 0.1) is 5.92 Å². The normalized spacial score (nSPS) is 24.0. The third-order valence-electron chi connectivity index (χ3n) is 4.54. The van der Waals surface area contributed by atoms with E-state index in [9.17, 15) is 9.59 Å². The van der Waals surface area contributed by atoms with Crippen molar-refractivity contribution in [1.82, 2.24) is 4.90 Å². The molecule has 0 aliphatic carbocycles. The SMILES string of the molecule is C[C@@H]1CC[C@H](C(N)=O)CN1C(=O)c1ccc2c(c1)OCCCO2. The average Bonchev–Trinajstić information content (AvgIpc) is 2.79. The van der Waals surface area contributed by atoms with E-state index in [4.69, 9.17) is 15.2 Å². The van der Waals surface area contributed by atoms with E-state index in [1.54, 1.807) is 23.1 Å². The largest absolute Gasteiger partial charge is 0.490 e. The number of nitrogens with two attached hydrogens (primary N) is 1. The van der Waals surface area contributed by atoms with Crippen LogP contribution >= 0.6 is 0 Å². The number of fused-ring (bicyclic) bond motifs is 1. The number of hydrogen-bond acceptors (Lipinski definition) is 4. The van der Waals surface area contributed by atoms with Gasteiger partial charge in [0.2, 0.25) is 5.91 Å². The number of carbonyl (C=O) groups excluding carboxylic acids is 2. The molecule has 1 saturated heterocycles. The Kier molecular flexibility index (Phi) is 4.41. The first kappa shape index (κ1) is 15.6. The van der Waals surface area contributed by atoms with Crippen LogP contribution in [-0.2, 0) is 4.79 Å². The molecule has 6 nitrogen and oxygen atoms in total. The summed E-state index contributed by atoms with van der Waals surface area (Å²) in [6, 6.07) is 5.34. The number of primary amides is 1. The minimum atomic E-state index is -0.339. The number of hydrogen-bond donors (Lipinski definition) is 1. The van der Waals surface area contributed by atoms with Crippen molar-refractivity contribution in [1.29, 1.82) is 0 Å². The Hall–Kier alpha value is -2.24. The molecule has 2 heterocycles. The molecule has 2 N–H and O–H groups in total. The molecule has 0 saturated carbocycles. The Balaban J connectivity index is 1.81. The lowest BCUT2D eigenvalue weighted by atomic mass is 9.92. The number of rotatable bonds is 2. The maximum Gasteiger partial charge on any atom is 0.254 e. The summed E-state index contributed by atoms with van der Waals surface area (Å²) in [7, 11) is 0. The van der Waals surface area contributed by atoms with E-state index in [2.05, 4.69) is 0 Å². The minimum Gasteiger partial charge on any atom is -0.490 e. The second kappa shape index (κ2) is 6.48. The van der Waals surface area contributed by atoms with Crippen LogP contribution in [0.3, 0.4) is 0 Å². The Bertz CT molecular complexity index is 617. The lowest BCUT2D eigenvalue weighted by Gasteiger charge is -2.37. The van der Waals surface area contributed by atoms with Gasteiger partial charge < -0.3 is 20.1 Å². The van der Waals surface area contributed by atoms with Crippen molar-refractivity contribution in [2.45, 2.75) is 32.2 Å². The van der Waals surface area contributed by atoms with Crippen LogP contribution in [0.15, 0.2) is 18.2 Å². The van der Waals surface area contributed by atoms with Gasteiger partial charge in [-0.3, -0.25) is 9.59 Å². The monoisotopic (exact) mass is 318 g/mol. The third-order valence-corrected chi connectivity index (χ3v) is 4.54. The summed E-state index contributed by atoms with van der Waals surface area (Å²) in [4.78, 5) is 26.0. The van der Waals surface area contributed by atoms with Crippen LogP contribution in [0.5, 0.6) is 11.5 Å². The van der Waals surface area contributed by atoms with Crippen molar-refractivity contribution in [3.8, 4) is 11.5 Å². The first-order chi connectivity index (χ1) is 11.1. The molecular weight excluding hydrogens is 296 g/mol. The molecule has 2 aliphatic heterocycles. The first-order valence-electron chi connectivity index (χ1n) is 8.06. The Morgan fingerprint density at radius 3 is 2.65 bits per heavy atom. The molecule has 3 rings (SSSR count). The summed E-state index contributed by atoms with van der Waals surface area (Å²) in [6.45, 7) is 3.57. The Morgan fingerprint density at radius 1 is 1.17 bits per heavy atom. The highest BCUT2D eigenvalue weighted by Crippen LogP contribution is 2.32. The molecule has 1 fully saturated rings. The molecule has 0 bridgehead atoms. The smallest absolute Gasteiger partial charge is 0.254 e. The number of piperidine rings is 1. The molecular formula is C17H22N2O4. The number of ether oxygens (including phenoxy) is 2. The van der Waals surface area contributed by atoms with E-state index in [-0.39, 0.29) is 23.8 Å². The van der Waals surface area contributed by atoms with Crippen molar-refractivity contribution in [3.63, 3.8) is 0 Å². The zero-order chi connectivity index (χ0) is 16.4. The molecule has 0 radical (unpaired) electrons. The molecule has 1 aromatic rings. The summed E-state index contributed by atoms with van der Waals surface area (Å²) in [5.41, 5.74) is 5.96.